The number of hydrogen-bond donors (Lipinski definition) is 1. The fraction of sp³-hybridized carbons (Fsp3) is 0.538. The van der Waals surface area contributed by atoms with Gasteiger partial charge in [0, 0.05) is 7.11 Å². The molecular weight excluding hydrogens is 186 g/mol. The molecule has 1 aliphatic rings. The summed E-state index contributed by atoms with van der Waals surface area (Å²) < 4.78 is 5.07. The van der Waals surface area contributed by atoms with Crippen LogP contribution in [0.4, 0.5) is 0 Å². The summed E-state index contributed by atoms with van der Waals surface area (Å²) in [6.45, 7) is 0.591. The average molecular weight is 205 g/mol. The number of hydrogen-bond acceptors (Lipinski definition) is 2. The van der Waals surface area contributed by atoms with Crippen molar-refractivity contribution in [1.82, 2.24) is 0 Å². The van der Waals surface area contributed by atoms with Crippen molar-refractivity contribution >= 4 is 0 Å². The quantitative estimate of drug-likeness (QED) is 0.820. The van der Waals surface area contributed by atoms with E-state index in [0.717, 1.165) is 5.92 Å². The van der Waals surface area contributed by atoms with E-state index in [4.69, 9.17) is 10.5 Å². The molecule has 1 saturated carbocycles. The molecule has 1 aromatic rings. The normalized spacial score (nSPS) is 18.5. The van der Waals surface area contributed by atoms with Crippen molar-refractivity contribution in [2.45, 2.75) is 31.2 Å². The topological polar surface area (TPSA) is 35.2 Å². The van der Waals surface area contributed by atoms with E-state index in [9.17, 15) is 0 Å². The largest absolute Gasteiger partial charge is 0.383 e. The number of ether oxygens (including phenoxy) is 1. The number of nitrogens with two attached hydrogens (primary N) is 1. The molecule has 0 aliphatic heterocycles. The van der Waals surface area contributed by atoms with Gasteiger partial charge in [-0.15, -0.1) is 0 Å². The van der Waals surface area contributed by atoms with Crippen molar-refractivity contribution in [3.8, 4) is 0 Å². The molecule has 2 rings (SSSR count). The molecule has 0 radical (unpaired) electrons. The second-order valence-corrected chi connectivity index (χ2v) is 4.36. The van der Waals surface area contributed by atoms with Crippen LogP contribution < -0.4 is 5.73 Å². The van der Waals surface area contributed by atoms with Crippen LogP contribution in [0, 0.1) is 0 Å². The Morgan fingerprint density at radius 2 is 2.27 bits per heavy atom. The van der Waals surface area contributed by atoms with Crippen LogP contribution in [0.25, 0.3) is 0 Å². The van der Waals surface area contributed by atoms with Gasteiger partial charge in [0.15, 0.2) is 0 Å². The molecule has 1 atom stereocenters. The van der Waals surface area contributed by atoms with Crippen molar-refractivity contribution in [3.63, 3.8) is 0 Å². The fourth-order valence-electron chi connectivity index (χ4n) is 2.06. The summed E-state index contributed by atoms with van der Waals surface area (Å²) in [5, 5.41) is 0. The molecule has 1 fully saturated rings. The molecule has 0 aromatic heterocycles. The predicted molar refractivity (Wildman–Crippen MR) is 61.8 cm³/mol. The Hall–Kier alpha value is -0.860. The van der Waals surface area contributed by atoms with Crippen molar-refractivity contribution in [2.24, 2.45) is 5.73 Å². The van der Waals surface area contributed by atoms with Crippen molar-refractivity contribution < 1.29 is 4.74 Å². The fourth-order valence-corrected chi connectivity index (χ4v) is 2.06. The minimum atomic E-state index is 0.00928. The predicted octanol–water partition coefficient (Wildman–Crippen LogP) is 2.60. The van der Waals surface area contributed by atoms with Gasteiger partial charge in [0.2, 0.25) is 0 Å². The van der Waals surface area contributed by atoms with Gasteiger partial charge in [-0.2, -0.15) is 0 Å². The molecule has 0 bridgehead atoms. The maximum Gasteiger partial charge on any atom is 0.0655 e. The highest BCUT2D eigenvalue weighted by Crippen LogP contribution is 2.36. The van der Waals surface area contributed by atoms with Gasteiger partial charge in [-0.25, -0.2) is 0 Å². The molecule has 2 heteroatoms. The standard InChI is InChI=1S/C13H19NO/c1-15-9-13(14)12-7-3-6-11(8-12)10-4-2-5-10/h3,6-8,10,13H,2,4-5,9,14H2,1H3. The summed E-state index contributed by atoms with van der Waals surface area (Å²) in [6.07, 6.45) is 4.05. The maximum atomic E-state index is 6.01. The first kappa shape index (κ1) is 10.7. The Balaban J connectivity index is 2.10. The van der Waals surface area contributed by atoms with Crippen molar-refractivity contribution in [1.29, 1.82) is 0 Å². The third-order valence-electron chi connectivity index (χ3n) is 3.26. The van der Waals surface area contributed by atoms with Crippen molar-refractivity contribution in [2.75, 3.05) is 13.7 Å². The van der Waals surface area contributed by atoms with Crippen LogP contribution in [0.5, 0.6) is 0 Å². The summed E-state index contributed by atoms with van der Waals surface area (Å²) >= 11 is 0. The Kier molecular flexibility index (Phi) is 3.39. The van der Waals surface area contributed by atoms with E-state index < -0.39 is 0 Å². The van der Waals surface area contributed by atoms with E-state index in [-0.39, 0.29) is 6.04 Å². The van der Waals surface area contributed by atoms with Gasteiger partial charge in [0.1, 0.15) is 0 Å². The monoisotopic (exact) mass is 205 g/mol. The summed E-state index contributed by atoms with van der Waals surface area (Å²) in [5.74, 6) is 0.777. The molecule has 0 amide bonds. The molecular formula is C13H19NO. The van der Waals surface area contributed by atoms with Crippen LogP contribution in [0.1, 0.15) is 42.3 Å². The van der Waals surface area contributed by atoms with Crippen molar-refractivity contribution in [3.05, 3.63) is 35.4 Å². The first-order valence-electron chi connectivity index (χ1n) is 5.65. The van der Waals surface area contributed by atoms with Gasteiger partial charge < -0.3 is 10.5 Å². The van der Waals surface area contributed by atoms with E-state index in [1.54, 1.807) is 7.11 Å². The lowest BCUT2D eigenvalue weighted by molar-refractivity contribution is 0.181. The van der Waals surface area contributed by atoms with Crippen LogP contribution in [0.2, 0.25) is 0 Å². The molecule has 1 aromatic carbocycles. The van der Waals surface area contributed by atoms with E-state index in [2.05, 4.69) is 24.3 Å². The lowest BCUT2D eigenvalue weighted by Gasteiger charge is -2.26. The third-order valence-corrected chi connectivity index (χ3v) is 3.26. The minimum absolute atomic E-state index is 0.00928. The molecule has 15 heavy (non-hydrogen) atoms. The lowest BCUT2D eigenvalue weighted by Crippen LogP contribution is -2.17. The summed E-state index contributed by atoms with van der Waals surface area (Å²) in [7, 11) is 1.69. The van der Waals surface area contributed by atoms with Crippen LogP contribution in [-0.2, 0) is 4.74 Å². The molecule has 82 valence electrons. The molecule has 1 unspecified atom stereocenters. The Morgan fingerprint density at radius 1 is 1.47 bits per heavy atom. The van der Waals surface area contributed by atoms with Gasteiger partial charge in [0.25, 0.3) is 0 Å². The lowest BCUT2D eigenvalue weighted by atomic mass is 9.79. The smallest absolute Gasteiger partial charge is 0.0655 e. The SMILES string of the molecule is COCC(N)c1cccc(C2CCC2)c1. The summed E-state index contributed by atoms with van der Waals surface area (Å²) in [4.78, 5) is 0. The van der Waals surface area contributed by atoms with Gasteiger partial charge in [-0.1, -0.05) is 30.7 Å². The summed E-state index contributed by atoms with van der Waals surface area (Å²) in [5.41, 5.74) is 8.65. The Morgan fingerprint density at radius 3 is 2.87 bits per heavy atom. The average Bonchev–Trinajstić information content (AvgIpc) is 2.16. The summed E-state index contributed by atoms with van der Waals surface area (Å²) in [6, 6.07) is 8.67. The van der Waals surface area contributed by atoms with Crippen LogP contribution in [0.15, 0.2) is 24.3 Å². The van der Waals surface area contributed by atoms with Gasteiger partial charge in [0.05, 0.1) is 12.6 Å². The van der Waals surface area contributed by atoms with E-state index in [1.165, 1.54) is 30.4 Å². The van der Waals surface area contributed by atoms with Crippen LogP contribution in [0.3, 0.4) is 0 Å². The molecule has 0 saturated heterocycles. The zero-order chi connectivity index (χ0) is 10.7. The van der Waals surface area contributed by atoms with Crippen LogP contribution in [-0.4, -0.2) is 13.7 Å². The first-order valence-corrected chi connectivity index (χ1v) is 5.65. The highest BCUT2D eigenvalue weighted by atomic mass is 16.5. The van der Waals surface area contributed by atoms with E-state index in [1.807, 2.05) is 0 Å². The highest BCUT2D eigenvalue weighted by Gasteiger charge is 2.19. The maximum absolute atomic E-state index is 6.01. The molecule has 0 heterocycles. The van der Waals surface area contributed by atoms with E-state index >= 15 is 0 Å². The Bertz CT molecular complexity index is 320. The van der Waals surface area contributed by atoms with Crippen LogP contribution >= 0.6 is 0 Å². The Labute approximate surface area is 91.4 Å². The van der Waals surface area contributed by atoms with E-state index in [0.29, 0.717) is 6.61 Å². The van der Waals surface area contributed by atoms with Gasteiger partial charge in [-0.05, 0) is 29.9 Å². The second kappa shape index (κ2) is 4.77. The van der Waals surface area contributed by atoms with Gasteiger partial charge >= 0.3 is 0 Å². The zero-order valence-corrected chi connectivity index (χ0v) is 9.28. The number of benzene rings is 1. The zero-order valence-electron chi connectivity index (χ0n) is 9.28. The van der Waals surface area contributed by atoms with Gasteiger partial charge in [-0.3, -0.25) is 0 Å². The third kappa shape index (κ3) is 2.39. The minimum Gasteiger partial charge on any atom is -0.383 e. The molecule has 2 nitrogen and oxygen atoms in total. The number of rotatable bonds is 4. The number of methoxy groups -OCH3 is 1. The second-order valence-electron chi connectivity index (χ2n) is 4.36. The molecule has 2 N–H and O–H groups in total. The first-order chi connectivity index (χ1) is 7.31. The molecule has 0 spiro atoms. The highest BCUT2D eigenvalue weighted by molar-refractivity contribution is 5.29. The molecule has 1 aliphatic carbocycles.